The molecule has 0 saturated carbocycles. The van der Waals surface area contributed by atoms with Gasteiger partial charge in [0.15, 0.2) is 11.4 Å². The van der Waals surface area contributed by atoms with Crippen LogP contribution in [0.15, 0.2) is 77.5 Å². The molecule has 0 aliphatic carbocycles. The van der Waals surface area contributed by atoms with Crippen LogP contribution in [0.5, 0.6) is 0 Å². The average molecular weight is 609 g/mol. The summed E-state index contributed by atoms with van der Waals surface area (Å²) in [6.45, 7) is 7.31. The number of halogens is 2. The standard InChI is InChI=1S/C35H31Cl2N5O/c1-3-22-16-24-12-13-38-34(32(24)39-19-22)40-29-11-7-10-27(31(29)37)25-8-6-9-26(21(25)2)35-41-30-18-23(17-28(36)33(30)43-35)20-42-14-4-5-15-42/h6-13,16-19H,3-5,14-15,20H2,1-2H3,(H,38,40). The maximum Gasteiger partial charge on any atom is 0.227 e. The van der Waals surface area contributed by atoms with E-state index in [-0.39, 0.29) is 0 Å². The summed E-state index contributed by atoms with van der Waals surface area (Å²) in [5, 5.41) is 5.65. The summed E-state index contributed by atoms with van der Waals surface area (Å²) >= 11 is 13.7. The lowest BCUT2D eigenvalue weighted by Gasteiger charge is -2.15. The van der Waals surface area contributed by atoms with Gasteiger partial charge in [-0.2, -0.15) is 0 Å². The van der Waals surface area contributed by atoms with Gasteiger partial charge in [-0.05, 0) is 97.9 Å². The lowest BCUT2D eigenvalue weighted by atomic mass is 9.96. The Morgan fingerprint density at radius 2 is 1.70 bits per heavy atom. The van der Waals surface area contributed by atoms with E-state index in [4.69, 9.17) is 32.6 Å². The molecule has 4 heterocycles. The van der Waals surface area contributed by atoms with Crippen molar-refractivity contribution < 1.29 is 4.42 Å². The number of nitrogens with one attached hydrogen (secondary N) is 1. The molecule has 1 aliphatic rings. The lowest BCUT2D eigenvalue weighted by Crippen LogP contribution is -2.18. The molecule has 0 atom stereocenters. The largest absolute Gasteiger partial charge is 0.434 e. The second kappa shape index (κ2) is 11.6. The summed E-state index contributed by atoms with van der Waals surface area (Å²) in [4.78, 5) is 16.6. The van der Waals surface area contributed by atoms with Gasteiger partial charge in [-0.3, -0.25) is 9.88 Å². The van der Waals surface area contributed by atoms with Crippen LogP contribution >= 0.6 is 23.2 Å². The van der Waals surface area contributed by atoms with E-state index in [1.54, 1.807) is 6.20 Å². The second-order valence-electron chi connectivity index (χ2n) is 11.1. The number of fused-ring (bicyclic) bond motifs is 2. The van der Waals surface area contributed by atoms with Crippen LogP contribution in [0.25, 0.3) is 44.6 Å². The van der Waals surface area contributed by atoms with Crippen LogP contribution in [0.3, 0.4) is 0 Å². The van der Waals surface area contributed by atoms with Crippen LogP contribution in [-0.2, 0) is 13.0 Å². The number of oxazole rings is 1. The normalized spacial score (nSPS) is 13.8. The van der Waals surface area contributed by atoms with Crippen molar-refractivity contribution in [1.82, 2.24) is 19.9 Å². The van der Waals surface area contributed by atoms with Gasteiger partial charge in [0.05, 0.1) is 15.7 Å². The highest BCUT2D eigenvalue weighted by atomic mass is 35.5. The molecule has 0 radical (unpaired) electrons. The molecule has 3 aromatic carbocycles. The zero-order valence-corrected chi connectivity index (χ0v) is 25.6. The first-order valence-corrected chi connectivity index (χ1v) is 15.4. The van der Waals surface area contributed by atoms with Gasteiger partial charge in [-0.15, -0.1) is 0 Å². The van der Waals surface area contributed by atoms with E-state index in [1.807, 2.05) is 48.7 Å². The van der Waals surface area contributed by atoms with E-state index in [9.17, 15) is 0 Å². The second-order valence-corrected chi connectivity index (χ2v) is 11.9. The Bertz CT molecular complexity index is 1980. The van der Waals surface area contributed by atoms with Gasteiger partial charge in [0, 0.05) is 35.5 Å². The molecule has 1 aliphatic heterocycles. The number of benzene rings is 3. The van der Waals surface area contributed by atoms with E-state index in [2.05, 4.69) is 52.2 Å². The van der Waals surface area contributed by atoms with E-state index in [1.165, 1.54) is 18.4 Å². The lowest BCUT2D eigenvalue weighted by molar-refractivity contribution is 0.331. The maximum absolute atomic E-state index is 7.06. The summed E-state index contributed by atoms with van der Waals surface area (Å²) in [7, 11) is 0. The Morgan fingerprint density at radius 3 is 2.53 bits per heavy atom. The summed E-state index contributed by atoms with van der Waals surface area (Å²) in [6, 6.07) is 20.3. The van der Waals surface area contributed by atoms with Gasteiger partial charge < -0.3 is 9.73 Å². The van der Waals surface area contributed by atoms with Crippen molar-refractivity contribution in [3.05, 3.63) is 99.8 Å². The zero-order chi connectivity index (χ0) is 29.5. The molecular formula is C35H31Cl2N5O. The molecule has 1 fully saturated rings. The molecule has 8 heteroatoms. The van der Waals surface area contributed by atoms with E-state index in [0.717, 1.165) is 76.0 Å². The molecule has 0 spiro atoms. The first-order chi connectivity index (χ1) is 21.0. The maximum atomic E-state index is 7.06. The van der Waals surface area contributed by atoms with Crippen LogP contribution < -0.4 is 5.32 Å². The van der Waals surface area contributed by atoms with Gasteiger partial charge >= 0.3 is 0 Å². The van der Waals surface area contributed by atoms with Crippen molar-refractivity contribution >= 4 is 56.7 Å². The smallest absolute Gasteiger partial charge is 0.227 e. The highest BCUT2D eigenvalue weighted by Gasteiger charge is 2.19. The number of rotatable bonds is 7. The van der Waals surface area contributed by atoms with Gasteiger partial charge in [-0.25, -0.2) is 9.97 Å². The molecule has 6 nitrogen and oxygen atoms in total. The SMILES string of the molecule is CCc1cnc2c(Nc3cccc(-c4cccc(-c5nc6cc(CN7CCCC7)cc(Cl)c6o5)c4C)c3Cl)nccc2c1. The molecule has 1 saturated heterocycles. The number of likely N-dealkylation sites (tertiary alicyclic amines) is 1. The molecule has 0 bridgehead atoms. The third kappa shape index (κ3) is 5.35. The summed E-state index contributed by atoms with van der Waals surface area (Å²) in [5.74, 6) is 1.20. The summed E-state index contributed by atoms with van der Waals surface area (Å²) in [6.07, 6.45) is 7.12. The fourth-order valence-corrected chi connectivity index (χ4v) is 6.52. The Balaban J connectivity index is 1.23. The van der Waals surface area contributed by atoms with E-state index >= 15 is 0 Å². The van der Waals surface area contributed by atoms with Crippen LogP contribution in [0.2, 0.25) is 10.0 Å². The van der Waals surface area contributed by atoms with Crippen molar-refractivity contribution in [1.29, 1.82) is 0 Å². The molecule has 3 aromatic heterocycles. The number of hydrogen-bond donors (Lipinski definition) is 1. The first kappa shape index (κ1) is 27.8. The Labute approximate surface area is 260 Å². The summed E-state index contributed by atoms with van der Waals surface area (Å²) in [5.41, 5.74) is 9.07. The fraction of sp³-hybridized carbons (Fsp3) is 0.229. The molecule has 43 heavy (non-hydrogen) atoms. The number of hydrogen-bond acceptors (Lipinski definition) is 6. The Morgan fingerprint density at radius 1 is 0.907 bits per heavy atom. The highest BCUT2D eigenvalue weighted by molar-refractivity contribution is 6.36. The van der Waals surface area contributed by atoms with Crippen LogP contribution in [0.1, 0.15) is 36.5 Å². The number of aromatic nitrogens is 3. The van der Waals surface area contributed by atoms with Gasteiger partial charge in [0.2, 0.25) is 5.89 Å². The quantitative estimate of drug-likeness (QED) is 0.195. The zero-order valence-electron chi connectivity index (χ0n) is 24.1. The molecule has 1 N–H and O–H groups in total. The van der Waals surface area contributed by atoms with Crippen molar-refractivity contribution in [2.24, 2.45) is 0 Å². The average Bonchev–Trinajstić information content (AvgIpc) is 3.69. The predicted molar refractivity (Wildman–Crippen MR) is 176 cm³/mol. The van der Waals surface area contributed by atoms with Gasteiger partial charge in [-0.1, -0.05) is 54.4 Å². The number of aryl methyl sites for hydroxylation is 1. The Hall–Kier alpha value is -3.97. The number of nitrogens with zero attached hydrogens (tertiary/aromatic N) is 4. The molecule has 0 amide bonds. The fourth-order valence-electron chi connectivity index (χ4n) is 5.97. The van der Waals surface area contributed by atoms with Gasteiger partial charge in [0.1, 0.15) is 11.0 Å². The topological polar surface area (TPSA) is 67.1 Å². The molecule has 6 aromatic rings. The molecule has 7 rings (SSSR count). The van der Waals surface area contributed by atoms with Crippen molar-refractivity contribution in [2.45, 2.75) is 39.7 Å². The van der Waals surface area contributed by atoms with Crippen LogP contribution in [0.4, 0.5) is 11.5 Å². The van der Waals surface area contributed by atoms with E-state index < -0.39 is 0 Å². The first-order valence-electron chi connectivity index (χ1n) is 14.7. The van der Waals surface area contributed by atoms with Crippen molar-refractivity contribution in [2.75, 3.05) is 18.4 Å². The Kier molecular flexibility index (Phi) is 7.51. The van der Waals surface area contributed by atoms with Crippen molar-refractivity contribution in [3.63, 3.8) is 0 Å². The van der Waals surface area contributed by atoms with E-state index in [0.29, 0.717) is 27.3 Å². The van der Waals surface area contributed by atoms with Gasteiger partial charge in [0.25, 0.3) is 0 Å². The highest BCUT2D eigenvalue weighted by Crippen LogP contribution is 2.40. The number of anilines is 2. The molecular weight excluding hydrogens is 577 g/mol. The minimum atomic E-state index is 0.539. The molecule has 216 valence electrons. The number of pyridine rings is 2. The third-order valence-corrected chi connectivity index (χ3v) is 8.97. The molecule has 0 unspecified atom stereocenters. The van der Waals surface area contributed by atoms with Crippen LogP contribution in [0, 0.1) is 6.92 Å². The minimum Gasteiger partial charge on any atom is -0.434 e. The predicted octanol–water partition coefficient (Wildman–Crippen LogP) is 9.62. The minimum absolute atomic E-state index is 0.539. The third-order valence-electron chi connectivity index (χ3n) is 8.28. The monoisotopic (exact) mass is 607 g/mol. The summed E-state index contributed by atoms with van der Waals surface area (Å²) < 4.78 is 6.25. The van der Waals surface area contributed by atoms with Crippen LogP contribution in [-0.4, -0.2) is 32.9 Å². The van der Waals surface area contributed by atoms with Crippen molar-refractivity contribution in [3.8, 4) is 22.6 Å².